The van der Waals surface area contributed by atoms with Gasteiger partial charge in [-0.3, -0.25) is 4.79 Å². The maximum absolute atomic E-state index is 12.6. The highest BCUT2D eigenvalue weighted by Crippen LogP contribution is 2.31. The summed E-state index contributed by atoms with van der Waals surface area (Å²) in [6, 6.07) is 5.81. The molecule has 1 N–H and O–H groups in total. The lowest BCUT2D eigenvalue weighted by atomic mass is 10.2. The smallest absolute Gasteiger partial charge is 0.251 e. The number of nitrogens with one attached hydrogen (secondary N) is 1. The molecule has 0 spiro atoms. The number of rotatable bonds is 6. The van der Waals surface area contributed by atoms with Crippen LogP contribution in [-0.2, 0) is 16.1 Å². The van der Waals surface area contributed by atoms with Crippen molar-refractivity contribution in [1.29, 1.82) is 0 Å². The first-order chi connectivity index (χ1) is 14.2. The molecule has 160 valence electrons. The number of guanidine groups is 1. The van der Waals surface area contributed by atoms with Crippen LogP contribution in [0, 0.1) is 0 Å². The zero-order valence-electron chi connectivity index (χ0n) is 17.6. The second-order valence-corrected chi connectivity index (χ2v) is 7.14. The Bertz CT molecular complexity index is 711. The van der Waals surface area contributed by atoms with E-state index in [2.05, 4.69) is 17.1 Å². The number of benzene rings is 1. The van der Waals surface area contributed by atoms with E-state index in [0.29, 0.717) is 37.7 Å². The molecule has 1 aromatic rings. The Labute approximate surface area is 172 Å². The maximum atomic E-state index is 12.6. The number of hydrogen-bond donors (Lipinski definition) is 1. The van der Waals surface area contributed by atoms with Crippen molar-refractivity contribution >= 4 is 11.9 Å². The van der Waals surface area contributed by atoms with Crippen molar-refractivity contribution < 1.29 is 19.0 Å². The third-order valence-electron chi connectivity index (χ3n) is 5.31. The molecule has 8 nitrogen and oxygen atoms in total. The van der Waals surface area contributed by atoms with Gasteiger partial charge in [0.2, 0.25) is 0 Å². The molecule has 2 fully saturated rings. The van der Waals surface area contributed by atoms with Crippen molar-refractivity contribution in [1.82, 2.24) is 15.1 Å². The second-order valence-electron chi connectivity index (χ2n) is 7.14. The van der Waals surface area contributed by atoms with Crippen molar-refractivity contribution in [3.63, 3.8) is 0 Å². The second kappa shape index (κ2) is 10.3. The summed E-state index contributed by atoms with van der Waals surface area (Å²) in [6.07, 6.45) is 1.57. The van der Waals surface area contributed by atoms with Crippen molar-refractivity contribution in [2.45, 2.75) is 32.4 Å². The summed E-state index contributed by atoms with van der Waals surface area (Å²) < 4.78 is 16.4. The molecule has 0 saturated carbocycles. The van der Waals surface area contributed by atoms with Crippen LogP contribution in [-0.4, -0.2) is 81.3 Å². The van der Waals surface area contributed by atoms with Gasteiger partial charge in [0.15, 0.2) is 17.5 Å². The highest BCUT2D eigenvalue weighted by atomic mass is 16.5. The predicted octanol–water partition coefficient (Wildman–Crippen LogP) is 1.49. The summed E-state index contributed by atoms with van der Waals surface area (Å²) >= 11 is 0. The molecular formula is C21H32N4O4. The molecule has 3 rings (SSSR count). The molecule has 0 radical (unpaired) electrons. The Balaban J connectivity index is 1.64. The van der Waals surface area contributed by atoms with Gasteiger partial charge < -0.3 is 29.3 Å². The van der Waals surface area contributed by atoms with Crippen LogP contribution in [0.2, 0.25) is 0 Å². The van der Waals surface area contributed by atoms with Crippen LogP contribution in [0.1, 0.15) is 25.3 Å². The molecule has 1 unspecified atom stereocenters. The van der Waals surface area contributed by atoms with Gasteiger partial charge in [0.25, 0.3) is 5.91 Å². The third-order valence-corrected chi connectivity index (χ3v) is 5.31. The molecule has 1 amide bonds. The summed E-state index contributed by atoms with van der Waals surface area (Å²) in [7, 11) is 3.27. The van der Waals surface area contributed by atoms with Crippen LogP contribution in [0.15, 0.2) is 23.2 Å². The molecular weight excluding hydrogens is 372 g/mol. The fourth-order valence-electron chi connectivity index (χ4n) is 3.78. The first kappa shape index (κ1) is 21.2. The number of para-hydroxylation sites is 1. The normalized spacial score (nSPS) is 20.0. The molecule has 2 aliphatic rings. The largest absolute Gasteiger partial charge is 0.493 e. The monoisotopic (exact) mass is 404 g/mol. The number of methoxy groups -OCH3 is 2. The maximum Gasteiger partial charge on any atom is 0.251 e. The summed E-state index contributed by atoms with van der Waals surface area (Å²) in [6.45, 7) is 6.89. The quantitative estimate of drug-likeness (QED) is 0.572. The first-order valence-corrected chi connectivity index (χ1v) is 10.3. The topological polar surface area (TPSA) is 75.6 Å². The number of aliphatic imine (C=N–C) groups is 1. The lowest BCUT2D eigenvalue weighted by molar-refractivity contribution is -0.142. The molecule has 8 heteroatoms. The Morgan fingerprint density at radius 3 is 2.59 bits per heavy atom. The van der Waals surface area contributed by atoms with E-state index in [-0.39, 0.29) is 12.0 Å². The van der Waals surface area contributed by atoms with E-state index in [1.807, 2.05) is 23.1 Å². The lowest BCUT2D eigenvalue weighted by Gasteiger charge is -2.37. The molecule has 0 bridgehead atoms. The number of ether oxygens (including phenoxy) is 3. The third kappa shape index (κ3) is 5.12. The van der Waals surface area contributed by atoms with Crippen LogP contribution in [0.3, 0.4) is 0 Å². The number of carbonyl (C=O) groups is 1. The summed E-state index contributed by atoms with van der Waals surface area (Å²) in [5, 5.41) is 3.36. The van der Waals surface area contributed by atoms with E-state index in [1.54, 1.807) is 14.2 Å². The van der Waals surface area contributed by atoms with Gasteiger partial charge in [-0.15, -0.1) is 0 Å². The zero-order valence-corrected chi connectivity index (χ0v) is 17.6. The van der Waals surface area contributed by atoms with Crippen LogP contribution in [0.5, 0.6) is 11.5 Å². The molecule has 1 aromatic carbocycles. The van der Waals surface area contributed by atoms with Gasteiger partial charge in [-0.25, -0.2) is 4.99 Å². The highest BCUT2D eigenvalue weighted by molar-refractivity contribution is 5.83. The first-order valence-electron chi connectivity index (χ1n) is 10.3. The van der Waals surface area contributed by atoms with Crippen LogP contribution < -0.4 is 14.8 Å². The van der Waals surface area contributed by atoms with E-state index < -0.39 is 0 Å². The number of nitrogens with zero attached hydrogens (tertiary/aromatic N) is 3. The van der Waals surface area contributed by atoms with Gasteiger partial charge in [-0.05, 0) is 25.8 Å². The number of hydrogen-bond acceptors (Lipinski definition) is 5. The highest BCUT2D eigenvalue weighted by Gasteiger charge is 2.30. The number of piperazine rings is 1. The Hall–Kier alpha value is -2.48. The molecule has 2 aliphatic heterocycles. The van der Waals surface area contributed by atoms with Gasteiger partial charge in [0.1, 0.15) is 6.10 Å². The van der Waals surface area contributed by atoms with E-state index in [9.17, 15) is 4.79 Å². The fourth-order valence-corrected chi connectivity index (χ4v) is 3.78. The SMILES string of the molecule is CCNC(=NCc1cccc(OC)c1OC)N1CCN(C(=O)C2CCCO2)CC1. The lowest BCUT2D eigenvalue weighted by Crippen LogP contribution is -2.55. The van der Waals surface area contributed by atoms with Crippen molar-refractivity contribution in [2.24, 2.45) is 4.99 Å². The average Bonchev–Trinajstić information content (AvgIpc) is 3.30. The molecule has 1 atom stereocenters. The summed E-state index contributed by atoms with van der Waals surface area (Å²) in [5.41, 5.74) is 0.967. The van der Waals surface area contributed by atoms with Crippen molar-refractivity contribution in [3.05, 3.63) is 23.8 Å². The molecule has 0 aliphatic carbocycles. The van der Waals surface area contributed by atoms with Gasteiger partial charge in [-0.2, -0.15) is 0 Å². The van der Waals surface area contributed by atoms with Crippen molar-refractivity contribution in [2.75, 3.05) is 53.6 Å². The Morgan fingerprint density at radius 1 is 1.21 bits per heavy atom. The van der Waals surface area contributed by atoms with Gasteiger partial charge in [-0.1, -0.05) is 12.1 Å². The van der Waals surface area contributed by atoms with Gasteiger partial charge >= 0.3 is 0 Å². The van der Waals surface area contributed by atoms with E-state index in [0.717, 1.165) is 44.0 Å². The molecule has 0 aromatic heterocycles. The molecule has 29 heavy (non-hydrogen) atoms. The van der Waals surface area contributed by atoms with E-state index >= 15 is 0 Å². The van der Waals surface area contributed by atoms with Crippen LogP contribution in [0.4, 0.5) is 0 Å². The van der Waals surface area contributed by atoms with Gasteiger partial charge in [0, 0.05) is 44.9 Å². The molecule has 2 saturated heterocycles. The van der Waals surface area contributed by atoms with Crippen LogP contribution in [0.25, 0.3) is 0 Å². The number of carbonyl (C=O) groups excluding carboxylic acids is 1. The average molecular weight is 405 g/mol. The fraction of sp³-hybridized carbons (Fsp3) is 0.619. The zero-order chi connectivity index (χ0) is 20.6. The predicted molar refractivity (Wildman–Crippen MR) is 111 cm³/mol. The van der Waals surface area contributed by atoms with E-state index in [1.165, 1.54) is 0 Å². The Kier molecular flexibility index (Phi) is 7.57. The van der Waals surface area contributed by atoms with Crippen molar-refractivity contribution in [3.8, 4) is 11.5 Å². The minimum atomic E-state index is -0.246. The number of amides is 1. The molecule has 2 heterocycles. The Morgan fingerprint density at radius 2 is 1.97 bits per heavy atom. The van der Waals surface area contributed by atoms with Crippen LogP contribution >= 0.6 is 0 Å². The minimum absolute atomic E-state index is 0.130. The minimum Gasteiger partial charge on any atom is -0.493 e. The summed E-state index contributed by atoms with van der Waals surface area (Å²) in [4.78, 5) is 21.5. The van der Waals surface area contributed by atoms with Gasteiger partial charge in [0.05, 0.1) is 20.8 Å². The standard InChI is InChI=1S/C21H32N4O4/c1-4-22-21(23-15-16-7-5-8-17(27-2)19(16)28-3)25-12-10-24(11-13-25)20(26)18-9-6-14-29-18/h5,7-8,18H,4,6,9-15H2,1-3H3,(H,22,23). The summed E-state index contributed by atoms with van der Waals surface area (Å²) in [5.74, 6) is 2.39. The van der Waals surface area contributed by atoms with E-state index in [4.69, 9.17) is 19.2 Å².